The Labute approximate surface area is 112 Å². The van der Waals surface area contributed by atoms with Gasteiger partial charge in [-0.25, -0.2) is 10.8 Å². The standard InChI is InChI=1S/C12H19N5O2/c1-17-5-6-19-9(8-17)7-15-12(18)10-3-2-4-14-11(10)16-13/h2-4,9H,5-8,13H2,1H3,(H,14,16)(H,15,18). The lowest BCUT2D eigenvalue weighted by atomic mass is 10.2. The molecule has 1 aliphatic rings. The molecule has 4 N–H and O–H groups in total. The van der Waals surface area contributed by atoms with E-state index in [2.05, 4.69) is 20.6 Å². The summed E-state index contributed by atoms with van der Waals surface area (Å²) in [6.45, 7) is 2.91. The molecule has 1 saturated heterocycles. The van der Waals surface area contributed by atoms with Crippen LogP contribution in [0.2, 0.25) is 0 Å². The van der Waals surface area contributed by atoms with Crippen molar-refractivity contribution in [2.75, 3.05) is 38.7 Å². The second-order valence-corrected chi connectivity index (χ2v) is 4.51. The number of hydrogen-bond donors (Lipinski definition) is 3. The fourth-order valence-corrected chi connectivity index (χ4v) is 2.00. The highest BCUT2D eigenvalue weighted by molar-refractivity contribution is 5.98. The zero-order valence-corrected chi connectivity index (χ0v) is 10.9. The van der Waals surface area contributed by atoms with Crippen LogP contribution in [0.5, 0.6) is 0 Å². The van der Waals surface area contributed by atoms with Crippen LogP contribution in [-0.4, -0.2) is 55.2 Å². The average Bonchev–Trinajstić information content (AvgIpc) is 2.45. The highest BCUT2D eigenvalue weighted by Crippen LogP contribution is 2.09. The second kappa shape index (κ2) is 6.46. The molecule has 7 heteroatoms. The maximum atomic E-state index is 12.0. The van der Waals surface area contributed by atoms with Crippen molar-refractivity contribution in [1.29, 1.82) is 0 Å². The fraction of sp³-hybridized carbons (Fsp3) is 0.500. The lowest BCUT2D eigenvalue weighted by molar-refractivity contribution is -0.0175. The molecule has 0 aromatic carbocycles. The van der Waals surface area contributed by atoms with E-state index in [1.54, 1.807) is 18.3 Å². The van der Waals surface area contributed by atoms with Crippen LogP contribution in [0.1, 0.15) is 10.4 Å². The van der Waals surface area contributed by atoms with Crippen LogP contribution in [0.25, 0.3) is 0 Å². The lowest BCUT2D eigenvalue weighted by Gasteiger charge is -2.30. The first-order valence-electron chi connectivity index (χ1n) is 6.20. The number of amides is 1. The SMILES string of the molecule is CN1CCOC(CNC(=O)c2cccnc2NN)C1. The first kappa shape index (κ1) is 13.7. The smallest absolute Gasteiger partial charge is 0.255 e. The molecule has 1 unspecified atom stereocenters. The van der Waals surface area contributed by atoms with Gasteiger partial charge in [-0.05, 0) is 19.2 Å². The lowest BCUT2D eigenvalue weighted by Crippen LogP contribution is -2.46. The van der Waals surface area contributed by atoms with Crippen molar-refractivity contribution in [2.45, 2.75) is 6.10 Å². The van der Waals surface area contributed by atoms with E-state index in [9.17, 15) is 4.79 Å². The summed E-state index contributed by atoms with van der Waals surface area (Å²) in [4.78, 5) is 18.2. The van der Waals surface area contributed by atoms with Gasteiger partial charge in [0, 0.05) is 25.8 Å². The Kier molecular flexibility index (Phi) is 4.67. The predicted molar refractivity (Wildman–Crippen MR) is 71.6 cm³/mol. The van der Waals surface area contributed by atoms with Gasteiger partial charge in [0.25, 0.3) is 5.91 Å². The molecule has 1 amide bonds. The van der Waals surface area contributed by atoms with E-state index in [1.165, 1.54) is 0 Å². The van der Waals surface area contributed by atoms with Crippen LogP contribution >= 0.6 is 0 Å². The van der Waals surface area contributed by atoms with Gasteiger partial charge in [0.2, 0.25) is 0 Å². The molecule has 1 atom stereocenters. The number of ether oxygens (including phenoxy) is 1. The van der Waals surface area contributed by atoms with Crippen LogP contribution < -0.4 is 16.6 Å². The van der Waals surface area contributed by atoms with Crippen LogP contribution in [0.15, 0.2) is 18.3 Å². The summed E-state index contributed by atoms with van der Waals surface area (Å²) in [5.41, 5.74) is 2.84. The second-order valence-electron chi connectivity index (χ2n) is 4.51. The third kappa shape index (κ3) is 3.63. The van der Waals surface area contributed by atoms with Crippen LogP contribution in [0.3, 0.4) is 0 Å². The minimum absolute atomic E-state index is 0.0219. The third-order valence-electron chi connectivity index (χ3n) is 3.02. The first-order chi connectivity index (χ1) is 9.20. The van der Waals surface area contributed by atoms with E-state index in [0.29, 0.717) is 24.5 Å². The molecule has 0 spiro atoms. The maximum absolute atomic E-state index is 12.0. The Bertz CT molecular complexity index is 440. The number of aromatic nitrogens is 1. The Morgan fingerprint density at radius 3 is 3.26 bits per heavy atom. The van der Waals surface area contributed by atoms with Gasteiger partial charge in [0.15, 0.2) is 5.82 Å². The molecule has 1 aliphatic heterocycles. The number of nitrogens with zero attached hydrogens (tertiary/aromatic N) is 2. The van der Waals surface area contributed by atoms with Gasteiger partial charge < -0.3 is 20.4 Å². The Morgan fingerprint density at radius 1 is 1.68 bits per heavy atom. The molecule has 0 radical (unpaired) electrons. The van der Waals surface area contributed by atoms with Crippen LogP contribution in [0, 0.1) is 0 Å². The van der Waals surface area contributed by atoms with Crippen molar-refractivity contribution in [3.8, 4) is 0 Å². The molecule has 2 heterocycles. The maximum Gasteiger partial charge on any atom is 0.255 e. The number of morpholine rings is 1. The summed E-state index contributed by atoms with van der Waals surface area (Å²) in [6, 6.07) is 3.37. The number of nitrogens with one attached hydrogen (secondary N) is 2. The van der Waals surface area contributed by atoms with E-state index in [1.807, 2.05) is 7.05 Å². The van der Waals surface area contributed by atoms with E-state index in [4.69, 9.17) is 10.6 Å². The molecule has 2 rings (SSSR count). The molecule has 19 heavy (non-hydrogen) atoms. The number of anilines is 1. The van der Waals surface area contributed by atoms with Crippen molar-refractivity contribution in [1.82, 2.24) is 15.2 Å². The number of hydrazine groups is 1. The van der Waals surface area contributed by atoms with Gasteiger partial charge in [-0.1, -0.05) is 0 Å². The number of nitrogen functional groups attached to an aromatic ring is 1. The normalized spacial score (nSPS) is 20.0. The summed E-state index contributed by atoms with van der Waals surface area (Å²) in [5.74, 6) is 5.47. The number of pyridine rings is 1. The van der Waals surface area contributed by atoms with Crippen LogP contribution in [0.4, 0.5) is 5.82 Å². The Hall–Kier alpha value is -1.70. The minimum atomic E-state index is -0.210. The third-order valence-corrected chi connectivity index (χ3v) is 3.02. The van der Waals surface area contributed by atoms with Crippen molar-refractivity contribution in [3.05, 3.63) is 23.9 Å². The summed E-state index contributed by atoms with van der Waals surface area (Å²) in [6.07, 6.45) is 1.60. The average molecular weight is 265 g/mol. The molecule has 1 fully saturated rings. The molecule has 0 saturated carbocycles. The van der Waals surface area contributed by atoms with Gasteiger partial charge in [-0.3, -0.25) is 4.79 Å². The van der Waals surface area contributed by atoms with Gasteiger partial charge in [-0.15, -0.1) is 0 Å². The van der Waals surface area contributed by atoms with Crippen molar-refractivity contribution < 1.29 is 9.53 Å². The zero-order valence-electron chi connectivity index (χ0n) is 10.9. The number of rotatable bonds is 4. The fourth-order valence-electron chi connectivity index (χ4n) is 2.00. The number of nitrogens with two attached hydrogens (primary N) is 1. The van der Waals surface area contributed by atoms with E-state index in [0.717, 1.165) is 13.1 Å². The summed E-state index contributed by atoms with van der Waals surface area (Å²) in [5, 5.41) is 2.84. The summed E-state index contributed by atoms with van der Waals surface area (Å²) < 4.78 is 5.58. The Morgan fingerprint density at radius 2 is 2.53 bits per heavy atom. The number of hydrogen-bond acceptors (Lipinski definition) is 6. The molecular weight excluding hydrogens is 246 g/mol. The summed E-state index contributed by atoms with van der Waals surface area (Å²) in [7, 11) is 2.04. The predicted octanol–water partition coefficient (Wildman–Crippen LogP) is -0.572. The van der Waals surface area contributed by atoms with E-state index >= 15 is 0 Å². The number of likely N-dealkylation sites (N-methyl/N-ethyl adjacent to an activating group) is 1. The number of carbonyl (C=O) groups excluding carboxylic acids is 1. The molecule has 7 nitrogen and oxygen atoms in total. The topological polar surface area (TPSA) is 92.5 Å². The molecule has 104 valence electrons. The van der Waals surface area contributed by atoms with E-state index < -0.39 is 0 Å². The van der Waals surface area contributed by atoms with E-state index in [-0.39, 0.29) is 12.0 Å². The van der Waals surface area contributed by atoms with Crippen LogP contribution in [-0.2, 0) is 4.74 Å². The van der Waals surface area contributed by atoms with Gasteiger partial charge in [-0.2, -0.15) is 0 Å². The quantitative estimate of drug-likeness (QED) is 0.498. The van der Waals surface area contributed by atoms with Gasteiger partial charge >= 0.3 is 0 Å². The number of carbonyl (C=O) groups is 1. The highest BCUT2D eigenvalue weighted by Gasteiger charge is 2.19. The minimum Gasteiger partial charge on any atom is -0.374 e. The summed E-state index contributed by atoms with van der Waals surface area (Å²) >= 11 is 0. The van der Waals surface area contributed by atoms with Gasteiger partial charge in [0.05, 0.1) is 18.3 Å². The molecule has 0 bridgehead atoms. The van der Waals surface area contributed by atoms with Gasteiger partial charge in [0.1, 0.15) is 0 Å². The van der Waals surface area contributed by atoms with Crippen molar-refractivity contribution >= 4 is 11.7 Å². The van der Waals surface area contributed by atoms with Crippen molar-refractivity contribution in [3.63, 3.8) is 0 Å². The monoisotopic (exact) mass is 265 g/mol. The Balaban J connectivity index is 1.90. The highest BCUT2D eigenvalue weighted by atomic mass is 16.5. The molecular formula is C12H19N5O2. The first-order valence-corrected chi connectivity index (χ1v) is 6.20. The van der Waals surface area contributed by atoms with Crippen molar-refractivity contribution in [2.24, 2.45) is 5.84 Å². The zero-order chi connectivity index (χ0) is 13.7. The molecule has 1 aromatic rings. The largest absolute Gasteiger partial charge is 0.374 e. The molecule has 0 aliphatic carbocycles. The molecule has 1 aromatic heterocycles.